The second kappa shape index (κ2) is 5.81. The highest BCUT2D eigenvalue weighted by Gasteiger charge is 2.52. The van der Waals surface area contributed by atoms with Gasteiger partial charge in [0.2, 0.25) is 0 Å². The first kappa shape index (κ1) is 16.3. The zero-order chi connectivity index (χ0) is 18.6. The summed E-state index contributed by atoms with van der Waals surface area (Å²) in [5.41, 5.74) is 4.97. The third-order valence-electron chi connectivity index (χ3n) is 5.82. The number of aromatic nitrogens is 1. The van der Waals surface area contributed by atoms with Crippen LogP contribution >= 0.6 is 0 Å². The van der Waals surface area contributed by atoms with Crippen LogP contribution in [0.3, 0.4) is 0 Å². The molecule has 1 aliphatic heterocycles. The zero-order valence-electron chi connectivity index (χ0n) is 15.6. The minimum absolute atomic E-state index is 0.0314. The SMILES string of the molecule is CC(C)c1ccc(-c2cc(-c3cc4c(o3)C3(CC3)CNC4=O)ccn2)cc1. The Morgan fingerprint density at radius 2 is 1.85 bits per heavy atom. The molecule has 3 heterocycles. The predicted octanol–water partition coefficient (Wildman–Crippen LogP) is 4.91. The summed E-state index contributed by atoms with van der Waals surface area (Å²) >= 11 is 0. The van der Waals surface area contributed by atoms with Crippen LogP contribution in [-0.4, -0.2) is 17.4 Å². The van der Waals surface area contributed by atoms with Crippen molar-refractivity contribution in [2.75, 3.05) is 6.54 Å². The molecule has 1 saturated carbocycles. The average molecular weight is 358 g/mol. The van der Waals surface area contributed by atoms with Gasteiger partial charge in [-0.15, -0.1) is 0 Å². The normalized spacial score (nSPS) is 17.1. The Bertz CT molecular complexity index is 1030. The number of nitrogens with one attached hydrogen (secondary N) is 1. The fourth-order valence-corrected chi connectivity index (χ4v) is 3.86. The first-order valence-corrected chi connectivity index (χ1v) is 9.55. The standard InChI is InChI=1S/C23H22N2O2/c1-14(2)15-3-5-16(6-4-15)19-11-17(7-10-24-19)20-12-18-21(27-20)23(8-9-23)13-25-22(18)26/h3-7,10-12,14H,8-9,13H2,1-2H3,(H,25,26). The summed E-state index contributed by atoms with van der Waals surface area (Å²) in [6.45, 7) is 5.07. The number of hydrogen-bond acceptors (Lipinski definition) is 3. The summed E-state index contributed by atoms with van der Waals surface area (Å²) in [7, 11) is 0. The van der Waals surface area contributed by atoms with E-state index in [9.17, 15) is 4.79 Å². The van der Waals surface area contributed by atoms with Crippen LogP contribution in [0.1, 0.15) is 54.3 Å². The van der Waals surface area contributed by atoms with E-state index in [1.165, 1.54) is 5.56 Å². The van der Waals surface area contributed by atoms with E-state index in [0.717, 1.165) is 41.2 Å². The zero-order valence-corrected chi connectivity index (χ0v) is 15.6. The van der Waals surface area contributed by atoms with E-state index in [-0.39, 0.29) is 11.3 Å². The van der Waals surface area contributed by atoms with Gasteiger partial charge in [-0.1, -0.05) is 38.1 Å². The van der Waals surface area contributed by atoms with Crippen molar-refractivity contribution in [2.45, 2.75) is 38.0 Å². The van der Waals surface area contributed by atoms with Crippen LogP contribution in [0.4, 0.5) is 0 Å². The van der Waals surface area contributed by atoms with Crippen molar-refractivity contribution in [3.63, 3.8) is 0 Å². The lowest BCUT2D eigenvalue weighted by molar-refractivity contribution is 0.0932. The van der Waals surface area contributed by atoms with Gasteiger partial charge < -0.3 is 9.73 Å². The maximum atomic E-state index is 12.2. The van der Waals surface area contributed by atoms with Crippen molar-refractivity contribution in [1.29, 1.82) is 0 Å². The highest BCUT2D eigenvalue weighted by Crippen LogP contribution is 2.52. The fourth-order valence-electron chi connectivity index (χ4n) is 3.86. The van der Waals surface area contributed by atoms with Crippen molar-refractivity contribution in [2.24, 2.45) is 0 Å². The summed E-state index contributed by atoms with van der Waals surface area (Å²) in [6, 6.07) is 14.4. The van der Waals surface area contributed by atoms with Gasteiger partial charge in [-0.05, 0) is 42.5 Å². The summed E-state index contributed by atoms with van der Waals surface area (Å²) in [5, 5.41) is 3.00. The van der Waals surface area contributed by atoms with E-state index >= 15 is 0 Å². The third-order valence-corrected chi connectivity index (χ3v) is 5.82. The molecule has 2 aromatic heterocycles. The van der Waals surface area contributed by atoms with Crippen molar-refractivity contribution in [1.82, 2.24) is 10.3 Å². The second-order valence-corrected chi connectivity index (χ2v) is 8.02. The number of nitrogens with zero attached hydrogens (tertiary/aromatic N) is 1. The van der Waals surface area contributed by atoms with Gasteiger partial charge in [0.05, 0.1) is 11.3 Å². The van der Waals surface area contributed by atoms with E-state index in [1.807, 2.05) is 18.2 Å². The molecular weight excluding hydrogens is 336 g/mol. The molecule has 0 saturated heterocycles. The minimum Gasteiger partial charge on any atom is -0.460 e. The number of hydrogen-bond donors (Lipinski definition) is 1. The molecule has 1 N–H and O–H groups in total. The Morgan fingerprint density at radius 3 is 2.56 bits per heavy atom. The molecule has 2 aliphatic rings. The van der Waals surface area contributed by atoms with Crippen LogP contribution in [0.2, 0.25) is 0 Å². The Kier molecular flexibility index (Phi) is 3.51. The molecule has 4 nitrogen and oxygen atoms in total. The molecule has 0 bridgehead atoms. The quantitative estimate of drug-likeness (QED) is 0.724. The van der Waals surface area contributed by atoms with Crippen LogP contribution in [0.25, 0.3) is 22.6 Å². The van der Waals surface area contributed by atoms with Gasteiger partial charge in [0.15, 0.2) is 0 Å². The van der Waals surface area contributed by atoms with Gasteiger partial charge >= 0.3 is 0 Å². The lowest BCUT2D eigenvalue weighted by atomic mass is 9.95. The Balaban J connectivity index is 1.52. The number of fused-ring (bicyclic) bond motifs is 2. The minimum atomic E-state index is -0.0314. The lowest BCUT2D eigenvalue weighted by Crippen LogP contribution is -2.38. The summed E-state index contributed by atoms with van der Waals surface area (Å²) < 4.78 is 6.19. The maximum absolute atomic E-state index is 12.2. The molecule has 0 atom stereocenters. The van der Waals surface area contributed by atoms with Gasteiger partial charge in [0.25, 0.3) is 5.91 Å². The molecule has 1 aromatic carbocycles. The molecule has 0 unspecified atom stereocenters. The molecule has 1 aliphatic carbocycles. The number of amides is 1. The van der Waals surface area contributed by atoms with E-state index in [4.69, 9.17) is 4.42 Å². The van der Waals surface area contributed by atoms with Gasteiger partial charge in [0.1, 0.15) is 11.5 Å². The molecule has 4 heteroatoms. The van der Waals surface area contributed by atoms with Crippen LogP contribution in [0.5, 0.6) is 0 Å². The van der Waals surface area contributed by atoms with Crippen LogP contribution in [0.15, 0.2) is 53.1 Å². The van der Waals surface area contributed by atoms with Gasteiger partial charge in [-0.3, -0.25) is 9.78 Å². The molecule has 27 heavy (non-hydrogen) atoms. The molecule has 136 valence electrons. The van der Waals surface area contributed by atoms with Gasteiger partial charge in [-0.25, -0.2) is 0 Å². The van der Waals surface area contributed by atoms with Crippen LogP contribution in [-0.2, 0) is 5.41 Å². The molecule has 1 amide bonds. The number of rotatable bonds is 3. The first-order valence-electron chi connectivity index (χ1n) is 9.55. The number of carbonyl (C=O) groups is 1. The van der Waals surface area contributed by atoms with Crippen molar-refractivity contribution in [3.8, 4) is 22.6 Å². The molecule has 5 rings (SSSR count). The third kappa shape index (κ3) is 2.67. The second-order valence-electron chi connectivity index (χ2n) is 8.02. The Morgan fingerprint density at radius 1 is 1.07 bits per heavy atom. The van der Waals surface area contributed by atoms with E-state index in [2.05, 4.69) is 48.4 Å². The first-order chi connectivity index (χ1) is 13.1. The van der Waals surface area contributed by atoms with Crippen molar-refractivity contribution in [3.05, 3.63) is 65.5 Å². The highest BCUT2D eigenvalue weighted by atomic mass is 16.3. The van der Waals surface area contributed by atoms with Gasteiger partial charge in [-0.2, -0.15) is 0 Å². The van der Waals surface area contributed by atoms with Gasteiger partial charge in [0, 0.05) is 29.3 Å². The highest BCUT2D eigenvalue weighted by molar-refractivity contribution is 5.98. The van der Waals surface area contributed by atoms with E-state index in [1.54, 1.807) is 6.20 Å². The molecular formula is C23H22N2O2. The van der Waals surface area contributed by atoms with Crippen LogP contribution in [0, 0.1) is 0 Å². The lowest BCUT2D eigenvalue weighted by Gasteiger charge is -2.20. The van der Waals surface area contributed by atoms with Crippen LogP contribution < -0.4 is 5.32 Å². The summed E-state index contributed by atoms with van der Waals surface area (Å²) in [4.78, 5) is 16.8. The topological polar surface area (TPSA) is 55.1 Å². The molecule has 0 radical (unpaired) electrons. The smallest absolute Gasteiger partial charge is 0.254 e. The fraction of sp³-hybridized carbons (Fsp3) is 0.304. The molecule has 1 spiro atoms. The van der Waals surface area contributed by atoms with E-state index < -0.39 is 0 Å². The number of benzene rings is 1. The number of furan rings is 1. The monoisotopic (exact) mass is 358 g/mol. The summed E-state index contributed by atoms with van der Waals surface area (Å²) in [5.74, 6) is 2.08. The Labute approximate surface area is 158 Å². The van der Waals surface area contributed by atoms with Crippen molar-refractivity contribution >= 4 is 5.91 Å². The maximum Gasteiger partial charge on any atom is 0.254 e. The predicted molar refractivity (Wildman–Crippen MR) is 105 cm³/mol. The molecule has 1 fully saturated rings. The van der Waals surface area contributed by atoms with Crippen molar-refractivity contribution < 1.29 is 9.21 Å². The average Bonchev–Trinajstić information content (AvgIpc) is 3.32. The Hall–Kier alpha value is -2.88. The van der Waals surface area contributed by atoms with E-state index in [0.29, 0.717) is 18.0 Å². The number of carbonyl (C=O) groups excluding carboxylic acids is 1. The molecule has 3 aromatic rings. The largest absolute Gasteiger partial charge is 0.460 e. The number of pyridine rings is 1. The summed E-state index contributed by atoms with van der Waals surface area (Å²) in [6.07, 6.45) is 3.96.